The van der Waals surface area contributed by atoms with Gasteiger partial charge in [0, 0.05) is 37.7 Å². The topological polar surface area (TPSA) is 84.2 Å². The van der Waals surface area contributed by atoms with Gasteiger partial charge in [-0.15, -0.1) is 0 Å². The van der Waals surface area contributed by atoms with Crippen molar-refractivity contribution in [2.45, 2.75) is 19.9 Å². The molecule has 0 aliphatic carbocycles. The molecule has 1 amide bonds. The lowest BCUT2D eigenvalue weighted by molar-refractivity contribution is 0.0636. The number of carbonyl (C=O) groups excluding carboxylic acids is 1. The molecule has 1 atom stereocenters. The number of hydrogen-bond acceptors (Lipinski definition) is 6. The van der Waals surface area contributed by atoms with Crippen LogP contribution in [0, 0.1) is 13.8 Å². The Balaban J connectivity index is 1.78. The number of carbonyl (C=O) groups is 1. The molecule has 0 aromatic carbocycles. The third kappa shape index (κ3) is 2.76. The molecular weight excluding hydrogens is 318 g/mol. The van der Waals surface area contributed by atoms with Gasteiger partial charge in [0.15, 0.2) is 0 Å². The van der Waals surface area contributed by atoms with Crippen LogP contribution >= 0.6 is 0 Å². The Kier molecular flexibility index (Phi) is 3.93. The van der Waals surface area contributed by atoms with Crippen molar-refractivity contribution in [2.75, 3.05) is 19.6 Å². The van der Waals surface area contributed by atoms with Crippen molar-refractivity contribution in [3.63, 3.8) is 0 Å². The number of fused-ring (bicyclic) bond motifs is 1. The number of nitrogens with zero attached hydrogens (tertiary/aromatic N) is 4. The first kappa shape index (κ1) is 15.7. The first-order chi connectivity index (χ1) is 12.1. The van der Waals surface area contributed by atoms with Crippen molar-refractivity contribution < 1.29 is 9.32 Å². The first-order valence-electron chi connectivity index (χ1n) is 8.30. The number of aryl methyl sites for hydroxylation is 2. The number of hydrogen-bond donors (Lipinski definition) is 1. The zero-order valence-corrected chi connectivity index (χ0v) is 14.2. The minimum Gasteiger partial charge on any atom is -0.336 e. The molecule has 0 bridgehead atoms. The Morgan fingerprint density at radius 1 is 1.40 bits per heavy atom. The lowest BCUT2D eigenvalue weighted by Gasteiger charge is -2.36. The molecule has 1 aliphatic heterocycles. The molecule has 1 aliphatic rings. The van der Waals surface area contributed by atoms with Crippen LogP contribution in [0.5, 0.6) is 0 Å². The molecule has 0 saturated carbocycles. The normalized spacial score (nSPS) is 17.8. The summed E-state index contributed by atoms with van der Waals surface area (Å²) in [6.07, 6.45) is 3.55. The average molecular weight is 337 g/mol. The van der Waals surface area contributed by atoms with Crippen LogP contribution in [0.1, 0.15) is 33.4 Å². The Morgan fingerprint density at radius 2 is 2.28 bits per heavy atom. The number of amides is 1. The molecule has 0 radical (unpaired) electrons. The second-order valence-electron chi connectivity index (χ2n) is 6.26. The monoisotopic (exact) mass is 337 g/mol. The van der Waals surface area contributed by atoms with Crippen LogP contribution in [0.4, 0.5) is 0 Å². The van der Waals surface area contributed by atoms with Crippen LogP contribution in [-0.2, 0) is 0 Å². The van der Waals surface area contributed by atoms with E-state index in [0.29, 0.717) is 35.4 Å². The average Bonchev–Trinajstić information content (AvgIpc) is 3.02. The van der Waals surface area contributed by atoms with Crippen molar-refractivity contribution >= 4 is 17.0 Å². The third-order valence-electron chi connectivity index (χ3n) is 4.55. The summed E-state index contributed by atoms with van der Waals surface area (Å²) in [5.74, 6) is -0.0304. The van der Waals surface area contributed by atoms with Crippen molar-refractivity contribution in [3.8, 4) is 0 Å². The van der Waals surface area contributed by atoms with E-state index in [0.717, 1.165) is 17.8 Å². The molecule has 1 N–H and O–H groups in total. The summed E-state index contributed by atoms with van der Waals surface area (Å²) in [5.41, 5.74) is 3.44. The summed E-state index contributed by atoms with van der Waals surface area (Å²) >= 11 is 0. The van der Waals surface area contributed by atoms with Gasteiger partial charge in [0.05, 0.1) is 22.7 Å². The molecule has 1 fully saturated rings. The van der Waals surface area contributed by atoms with E-state index < -0.39 is 0 Å². The van der Waals surface area contributed by atoms with Gasteiger partial charge in [0.2, 0.25) is 0 Å². The highest BCUT2D eigenvalue weighted by atomic mass is 16.5. The maximum atomic E-state index is 13.4. The molecule has 3 aromatic rings. The quantitative estimate of drug-likeness (QED) is 0.770. The molecule has 1 unspecified atom stereocenters. The van der Waals surface area contributed by atoms with Gasteiger partial charge in [-0.3, -0.25) is 9.78 Å². The number of pyridine rings is 2. The number of nitrogens with one attached hydrogen (secondary N) is 1. The van der Waals surface area contributed by atoms with Crippen molar-refractivity contribution in [2.24, 2.45) is 0 Å². The van der Waals surface area contributed by atoms with E-state index in [-0.39, 0.29) is 11.9 Å². The Bertz CT molecular complexity index is 922. The van der Waals surface area contributed by atoms with Crippen molar-refractivity contribution in [3.05, 3.63) is 53.1 Å². The molecule has 0 spiro atoms. The van der Waals surface area contributed by atoms with Gasteiger partial charge in [0.25, 0.3) is 11.6 Å². The van der Waals surface area contributed by atoms with E-state index in [1.807, 2.05) is 43.1 Å². The minimum absolute atomic E-state index is 0.0304. The van der Waals surface area contributed by atoms with Gasteiger partial charge in [-0.2, -0.15) is 0 Å². The van der Waals surface area contributed by atoms with Crippen LogP contribution in [-0.4, -0.2) is 45.6 Å². The molecule has 128 valence electrons. The first-order valence-corrected chi connectivity index (χ1v) is 8.30. The summed E-state index contributed by atoms with van der Waals surface area (Å²) in [6.45, 7) is 5.78. The zero-order valence-electron chi connectivity index (χ0n) is 14.2. The van der Waals surface area contributed by atoms with Crippen LogP contribution in [0.3, 0.4) is 0 Å². The van der Waals surface area contributed by atoms with E-state index >= 15 is 0 Å². The summed E-state index contributed by atoms with van der Waals surface area (Å²) in [4.78, 5) is 23.8. The van der Waals surface area contributed by atoms with Gasteiger partial charge in [-0.1, -0.05) is 11.2 Å². The molecule has 4 rings (SSSR count). The van der Waals surface area contributed by atoms with E-state index in [4.69, 9.17) is 4.52 Å². The Labute approximate surface area is 145 Å². The SMILES string of the molecule is Cc1cc(C(=O)N2CCNCC2c2cccnc2)c2c(C)noc2n1. The molecule has 3 aromatic heterocycles. The number of rotatable bonds is 2. The molecular formula is C18H19N5O2. The smallest absolute Gasteiger partial charge is 0.258 e. The van der Waals surface area contributed by atoms with Crippen molar-refractivity contribution in [1.29, 1.82) is 0 Å². The zero-order chi connectivity index (χ0) is 17.4. The Morgan fingerprint density at radius 3 is 3.08 bits per heavy atom. The van der Waals surface area contributed by atoms with Gasteiger partial charge < -0.3 is 14.7 Å². The van der Waals surface area contributed by atoms with Crippen LogP contribution in [0.25, 0.3) is 11.1 Å². The fraction of sp³-hybridized carbons (Fsp3) is 0.333. The highest BCUT2D eigenvalue weighted by molar-refractivity contribution is 6.06. The minimum atomic E-state index is -0.0568. The second kappa shape index (κ2) is 6.25. The predicted octanol–water partition coefficient (Wildman–Crippen LogP) is 2.02. The van der Waals surface area contributed by atoms with Gasteiger partial charge >= 0.3 is 0 Å². The van der Waals surface area contributed by atoms with E-state index in [1.165, 1.54) is 0 Å². The second-order valence-corrected chi connectivity index (χ2v) is 6.26. The fourth-order valence-corrected chi connectivity index (χ4v) is 3.36. The standard InChI is InChI=1S/C18H19N5O2/c1-11-8-14(16-12(2)22-25-17(16)21-11)18(24)23-7-6-20-10-15(23)13-4-3-5-19-9-13/h3-5,8-9,15,20H,6-7,10H2,1-2H3. The number of piperazine rings is 1. The molecule has 7 heteroatoms. The molecule has 4 heterocycles. The lowest BCUT2D eigenvalue weighted by Crippen LogP contribution is -2.48. The van der Waals surface area contributed by atoms with Gasteiger partial charge in [0.1, 0.15) is 0 Å². The van der Waals surface area contributed by atoms with Gasteiger partial charge in [-0.25, -0.2) is 4.98 Å². The summed E-state index contributed by atoms with van der Waals surface area (Å²) in [6, 6.07) is 5.66. The molecule has 7 nitrogen and oxygen atoms in total. The largest absolute Gasteiger partial charge is 0.336 e. The highest BCUT2D eigenvalue weighted by Gasteiger charge is 2.30. The fourth-order valence-electron chi connectivity index (χ4n) is 3.36. The summed E-state index contributed by atoms with van der Waals surface area (Å²) in [7, 11) is 0. The van der Waals surface area contributed by atoms with E-state index in [9.17, 15) is 4.79 Å². The van der Waals surface area contributed by atoms with E-state index in [1.54, 1.807) is 6.20 Å². The molecule has 1 saturated heterocycles. The maximum Gasteiger partial charge on any atom is 0.258 e. The van der Waals surface area contributed by atoms with Crippen LogP contribution in [0.2, 0.25) is 0 Å². The third-order valence-corrected chi connectivity index (χ3v) is 4.55. The Hall–Kier alpha value is -2.80. The van der Waals surface area contributed by atoms with Crippen molar-refractivity contribution in [1.82, 2.24) is 25.3 Å². The summed E-state index contributed by atoms with van der Waals surface area (Å²) < 4.78 is 5.26. The van der Waals surface area contributed by atoms with Crippen LogP contribution in [0.15, 0.2) is 35.1 Å². The summed E-state index contributed by atoms with van der Waals surface area (Å²) in [5, 5.41) is 8.02. The maximum absolute atomic E-state index is 13.4. The van der Waals surface area contributed by atoms with Gasteiger partial charge in [-0.05, 0) is 31.5 Å². The van der Waals surface area contributed by atoms with Crippen LogP contribution < -0.4 is 5.32 Å². The highest BCUT2D eigenvalue weighted by Crippen LogP contribution is 2.28. The predicted molar refractivity (Wildman–Crippen MR) is 92.2 cm³/mol. The molecule has 25 heavy (non-hydrogen) atoms. The van der Waals surface area contributed by atoms with E-state index in [2.05, 4.69) is 20.4 Å². The lowest BCUT2D eigenvalue weighted by atomic mass is 10.0. The number of aromatic nitrogens is 3.